The third kappa shape index (κ3) is 2.55. The molecule has 0 radical (unpaired) electrons. The van der Waals surface area contributed by atoms with Gasteiger partial charge in [-0.1, -0.05) is 54.6 Å². The van der Waals surface area contributed by atoms with E-state index in [9.17, 15) is 4.79 Å². The van der Waals surface area contributed by atoms with Crippen molar-refractivity contribution >= 4 is 28.6 Å². The summed E-state index contributed by atoms with van der Waals surface area (Å²) in [5, 5.41) is 0. The average Bonchev–Trinajstić information content (AvgIpc) is 2.90. The van der Waals surface area contributed by atoms with Crippen molar-refractivity contribution in [1.82, 2.24) is 0 Å². The standard InChI is InChI=1S/C20H13IO2/c21-14-7-5-6-13(12-14)20(22)23-19-17-10-3-1-8-15(17)16-9-2-4-11-18(16)19/h1-12,19H. The Morgan fingerprint density at radius 3 is 2.04 bits per heavy atom. The van der Waals surface area contributed by atoms with E-state index in [4.69, 9.17) is 4.74 Å². The Morgan fingerprint density at radius 1 is 0.826 bits per heavy atom. The zero-order chi connectivity index (χ0) is 15.8. The van der Waals surface area contributed by atoms with E-state index in [1.807, 2.05) is 54.6 Å². The van der Waals surface area contributed by atoms with Crippen LogP contribution in [-0.2, 0) is 4.74 Å². The highest BCUT2D eigenvalue weighted by Crippen LogP contribution is 2.45. The topological polar surface area (TPSA) is 26.3 Å². The van der Waals surface area contributed by atoms with E-state index in [0.29, 0.717) is 5.56 Å². The smallest absolute Gasteiger partial charge is 0.339 e. The molecule has 0 bridgehead atoms. The van der Waals surface area contributed by atoms with Crippen molar-refractivity contribution in [2.75, 3.05) is 0 Å². The number of halogens is 1. The molecule has 1 aliphatic carbocycles. The Balaban J connectivity index is 1.73. The van der Waals surface area contributed by atoms with Crippen LogP contribution in [0.25, 0.3) is 11.1 Å². The summed E-state index contributed by atoms with van der Waals surface area (Å²) in [7, 11) is 0. The van der Waals surface area contributed by atoms with Gasteiger partial charge in [0.25, 0.3) is 0 Å². The first-order chi connectivity index (χ1) is 11.2. The number of hydrogen-bond donors (Lipinski definition) is 0. The second-order valence-electron chi connectivity index (χ2n) is 5.47. The highest BCUT2D eigenvalue weighted by molar-refractivity contribution is 14.1. The predicted octanol–water partition coefficient (Wildman–Crippen LogP) is 5.22. The van der Waals surface area contributed by atoms with Crippen LogP contribution in [0.5, 0.6) is 0 Å². The normalized spacial score (nSPS) is 12.6. The van der Waals surface area contributed by atoms with Gasteiger partial charge in [0.1, 0.15) is 0 Å². The van der Waals surface area contributed by atoms with Crippen LogP contribution in [0.15, 0.2) is 72.8 Å². The zero-order valence-corrected chi connectivity index (χ0v) is 14.4. The lowest BCUT2D eigenvalue weighted by atomic mass is 10.1. The molecule has 0 N–H and O–H groups in total. The van der Waals surface area contributed by atoms with Crippen molar-refractivity contribution < 1.29 is 9.53 Å². The molecule has 0 spiro atoms. The Kier molecular flexibility index (Phi) is 3.65. The first-order valence-electron chi connectivity index (χ1n) is 7.39. The first-order valence-corrected chi connectivity index (χ1v) is 8.47. The van der Waals surface area contributed by atoms with Crippen molar-refractivity contribution in [1.29, 1.82) is 0 Å². The molecule has 23 heavy (non-hydrogen) atoms. The van der Waals surface area contributed by atoms with Crippen LogP contribution in [0.2, 0.25) is 0 Å². The summed E-state index contributed by atoms with van der Waals surface area (Å²) in [6, 6.07) is 23.7. The highest BCUT2D eigenvalue weighted by Gasteiger charge is 2.31. The monoisotopic (exact) mass is 412 g/mol. The van der Waals surface area contributed by atoms with Gasteiger partial charge < -0.3 is 4.74 Å². The minimum absolute atomic E-state index is 0.292. The molecule has 0 atom stereocenters. The van der Waals surface area contributed by atoms with E-state index >= 15 is 0 Å². The quantitative estimate of drug-likeness (QED) is 0.426. The van der Waals surface area contributed by atoms with Gasteiger partial charge in [-0.2, -0.15) is 0 Å². The van der Waals surface area contributed by atoms with Gasteiger partial charge in [-0.15, -0.1) is 0 Å². The number of hydrogen-bond acceptors (Lipinski definition) is 2. The number of ether oxygens (including phenoxy) is 1. The average molecular weight is 412 g/mol. The third-order valence-corrected chi connectivity index (χ3v) is 4.73. The molecule has 0 fully saturated rings. The lowest BCUT2D eigenvalue weighted by Gasteiger charge is -2.15. The Hall–Kier alpha value is -2.14. The molecule has 3 aromatic carbocycles. The molecule has 0 heterocycles. The summed E-state index contributed by atoms with van der Waals surface area (Å²) >= 11 is 2.20. The number of benzene rings is 3. The van der Waals surface area contributed by atoms with Gasteiger partial charge in [-0.05, 0) is 51.9 Å². The highest BCUT2D eigenvalue weighted by atomic mass is 127. The van der Waals surface area contributed by atoms with Crippen LogP contribution in [0, 0.1) is 3.57 Å². The van der Waals surface area contributed by atoms with Crippen LogP contribution in [0.1, 0.15) is 27.6 Å². The van der Waals surface area contributed by atoms with E-state index in [-0.39, 0.29) is 12.1 Å². The van der Waals surface area contributed by atoms with Crippen molar-refractivity contribution in [3.05, 3.63) is 93.1 Å². The maximum absolute atomic E-state index is 12.5. The van der Waals surface area contributed by atoms with E-state index in [1.54, 1.807) is 6.07 Å². The summed E-state index contributed by atoms with van der Waals surface area (Å²) in [4.78, 5) is 12.5. The van der Waals surface area contributed by atoms with Crippen LogP contribution in [-0.4, -0.2) is 5.97 Å². The molecule has 1 aliphatic rings. The van der Waals surface area contributed by atoms with Gasteiger partial charge in [-0.3, -0.25) is 0 Å². The minimum Gasteiger partial charge on any atom is -0.449 e. The SMILES string of the molecule is O=C(OC1c2ccccc2-c2ccccc21)c1cccc(I)c1. The number of carbonyl (C=O) groups excluding carboxylic acids is 1. The molecule has 0 unspecified atom stereocenters. The summed E-state index contributed by atoms with van der Waals surface area (Å²) in [6.07, 6.45) is -0.340. The van der Waals surface area contributed by atoms with Gasteiger partial charge in [0.05, 0.1) is 5.56 Å². The second kappa shape index (κ2) is 5.81. The maximum atomic E-state index is 12.5. The summed E-state index contributed by atoms with van der Waals surface area (Å²) in [5.41, 5.74) is 4.96. The number of carbonyl (C=O) groups is 1. The zero-order valence-electron chi connectivity index (χ0n) is 12.2. The Labute approximate surface area is 148 Å². The van der Waals surface area contributed by atoms with Crippen molar-refractivity contribution in [3.63, 3.8) is 0 Å². The van der Waals surface area contributed by atoms with Gasteiger partial charge >= 0.3 is 5.97 Å². The first kappa shape index (κ1) is 14.5. The second-order valence-corrected chi connectivity index (χ2v) is 6.72. The number of rotatable bonds is 2. The van der Waals surface area contributed by atoms with E-state index < -0.39 is 0 Å². The largest absolute Gasteiger partial charge is 0.449 e. The molecule has 0 aliphatic heterocycles. The molecular weight excluding hydrogens is 399 g/mol. The van der Waals surface area contributed by atoms with Crippen LogP contribution >= 0.6 is 22.6 Å². The minimum atomic E-state index is -0.340. The van der Waals surface area contributed by atoms with Gasteiger partial charge in [-0.25, -0.2) is 4.79 Å². The molecule has 4 rings (SSSR count). The maximum Gasteiger partial charge on any atom is 0.339 e. The molecule has 112 valence electrons. The molecule has 0 saturated heterocycles. The summed E-state index contributed by atoms with van der Waals surface area (Å²) < 4.78 is 6.88. The van der Waals surface area contributed by atoms with Crippen LogP contribution < -0.4 is 0 Å². The van der Waals surface area contributed by atoms with Crippen molar-refractivity contribution in [2.24, 2.45) is 0 Å². The fourth-order valence-corrected chi connectivity index (χ4v) is 3.57. The summed E-state index contributed by atoms with van der Waals surface area (Å²) in [5.74, 6) is -0.292. The van der Waals surface area contributed by atoms with Gasteiger partial charge in [0.2, 0.25) is 0 Å². The Morgan fingerprint density at radius 2 is 1.43 bits per heavy atom. The predicted molar refractivity (Wildman–Crippen MR) is 98.3 cm³/mol. The molecule has 0 amide bonds. The lowest BCUT2D eigenvalue weighted by molar-refractivity contribution is 0.0385. The van der Waals surface area contributed by atoms with E-state index in [0.717, 1.165) is 25.8 Å². The van der Waals surface area contributed by atoms with Gasteiger partial charge in [0, 0.05) is 14.7 Å². The molecule has 0 aromatic heterocycles. The van der Waals surface area contributed by atoms with Crippen molar-refractivity contribution in [3.8, 4) is 11.1 Å². The van der Waals surface area contributed by atoms with Crippen LogP contribution in [0.3, 0.4) is 0 Å². The van der Waals surface area contributed by atoms with E-state index in [2.05, 4.69) is 34.7 Å². The van der Waals surface area contributed by atoms with Crippen LogP contribution in [0.4, 0.5) is 0 Å². The lowest BCUT2D eigenvalue weighted by Crippen LogP contribution is -2.11. The molecule has 3 heteroatoms. The number of fused-ring (bicyclic) bond motifs is 3. The molecule has 0 saturated carbocycles. The fraction of sp³-hybridized carbons (Fsp3) is 0.0500. The van der Waals surface area contributed by atoms with Gasteiger partial charge in [0.15, 0.2) is 6.10 Å². The third-order valence-electron chi connectivity index (χ3n) is 4.06. The molecule has 3 aromatic rings. The fourth-order valence-electron chi connectivity index (χ4n) is 3.03. The van der Waals surface area contributed by atoms with Crippen molar-refractivity contribution in [2.45, 2.75) is 6.10 Å². The summed E-state index contributed by atoms with van der Waals surface area (Å²) in [6.45, 7) is 0. The Bertz CT molecular complexity index is 856. The molecular formula is C20H13IO2. The van der Waals surface area contributed by atoms with E-state index in [1.165, 1.54) is 0 Å². The molecule has 2 nitrogen and oxygen atoms in total. The number of esters is 1.